The van der Waals surface area contributed by atoms with Gasteiger partial charge >= 0.3 is 0 Å². The van der Waals surface area contributed by atoms with E-state index in [1.54, 1.807) is 62.4 Å². The molecule has 5 heterocycles. The molecule has 0 radical (unpaired) electrons. The first-order valence-electron chi connectivity index (χ1n) is 10.7. The minimum absolute atomic E-state index is 0.206. The predicted molar refractivity (Wildman–Crippen MR) is 127 cm³/mol. The van der Waals surface area contributed by atoms with Crippen LogP contribution in [-0.4, -0.2) is 46.9 Å². The third kappa shape index (κ3) is 4.10. The third-order valence-corrected chi connectivity index (χ3v) is 5.30. The number of imidazole rings is 1. The van der Waals surface area contributed by atoms with Crippen LogP contribution in [0.25, 0.3) is 11.5 Å². The van der Waals surface area contributed by atoms with Crippen molar-refractivity contribution in [3.05, 3.63) is 77.3 Å². The molecular formula is C22H22N10O3. The lowest BCUT2D eigenvalue weighted by atomic mass is 10.3. The van der Waals surface area contributed by atoms with Crippen molar-refractivity contribution in [3.8, 4) is 5.82 Å². The Morgan fingerprint density at radius 1 is 1.14 bits per heavy atom. The van der Waals surface area contributed by atoms with Crippen molar-refractivity contribution in [3.63, 3.8) is 0 Å². The van der Waals surface area contributed by atoms with E-state index >= 15 is 0 Å². The molecule has 178 valence electrons. The Morgan fingerprint density at radius 2 is 2.00 bits per heavy atom. The Balaban J connectivity index is 1.49. The summed E-state index contributed by atoms with van der Waals surface area (Å²) in [6.07, 6.45) is 7.78. The molecule has 0 saturated carbocycles. The predicted octanol–water partition coefficient (Wildman–Crippen LogP) is 1.88. The number of aryl methyl sites for hydroxylation is 1. The molecule has 5 aromatic heterocycles. The van der Waals surface area contributed by atoms with Crippen LogP contribution >= 0.6 is 0 Å². The highest BCUT2D eigenvalue weighted by atomic mass is 16.3. The molecule has 0 aliphatic rings. The van der Waals surface area contributed by atoms with Crippen LogP contribution in [0, 0.1) is 0 Å². The van der Waals surface area contributed by atoms with Crippen molar-refractivity contribution >= 4 is 28.7 Å². The fourth-order valence-corrected chi connectivity index (χ4v) is 3.59. The van der Waals surface area contributed by atoms with Gasteiger partial charge in [-0.3, -0.25) is 18.8 Å². The first kappa shape index (κ1) is 21.9. The summed E-state index contributed by atoms with van der Waals surface area (Å²) in [6.45, 7) is 1.76. The van der Waals surface area contributed by atoms with E-state index in [0.717, 1.165) is 0 Å². The average Bonchev–Trinajstić information content (AvgIpc) is 3.61. The molecule has 0 saturated heterocycles. The highest BCUT2D eigenvalue weighted by molar-refractivity contribution is 5.94. The molecule has 3 N–H and O–H groups in total. The quantitative estimate of drug-likeness (QED) is 0.321. The summed E-state index contributed by atoms with van der Waals surface area (Å²) in [7, 11) is 3.51. The molecule has 1 unspecified atom stereocenters. The number of aromatic nitrogens is 7. The molecular weight excluding hydrogens is 452 g/mol. The highest BCUT2D eigenvalue weighted by Gasteiger charge is 2.20. The standard InChI is InChI=1S/C22H22N10O3/c1-13(21-24-7-10-35-21)26-20(33)16-12-25-19-15(23-2)11-17(28-32(16)19)27-14-5-4-8-31(22(14)34)18-6-9-30(3)29-18/h4-13,23H,1-3H3,(H,26,33)(H,27,28). The summed E-state index contributed by atoms with van der Waals surface area (Å²) in [6, 6.07) is 6.37. The second-order valence-electron chi connectivity index (χ2n) is 7.71. The van der Waals surface area contributed by atoms with Gasteiger partial charge in [-0.25, -0.2) is 14.5 Å². The lowest BCUT2D eigenvalue weighted by Gasteiger charge is -2.12. The zero-order valence-electron chi connectivity index (χ0n) is 19.1. The Kier molecular flexibility index (Phi) is 5.49. The number of pyridine rings is 1. The summed E-state index contributed by atoms with van der Waals surface area (Å²) in [5, 5.41) is 17.7. The molecule has 1 atom stereocenters. The van der Waals surface area contributed by atoms with Gasteiger partial charge < -0.3 is 20.4 Å². The highest BCUT2D eigenvalue weighted by Crippen LogP contribution is 2.22. The maximum atomic E-state index is 13.1. The van der Waals surface area contributed by atoms with Gasteiger partial charge in [0.15, 0.2) is 23.0 Å². The molecule has 0 aliphatic heterocycles. The molecule has 5 aromatic rings. The fourth-order valence-electron chi connectivity index (χ4n) is 3.59. The number of anilines is 3. The fraction of sp³-hybridized carbons (Fsp3) is 0.182. The summed E-state index contributed by atoms with van der Waals surface area (Å²) in [4.78, 5) is 34.4. The second kappa shape index (κ2) is 8.78. The second-order valence-corrected chi connectivity index (χ2v) is 7.71. The molecule has 0 bridgehead atoms. The SMILES string of the molecule is CNc1cc(Nc2cccn(-c3ccn(C)n3)c2=O)nn2c(C(=O)NC(C)c3ncco3)cnc12. The number of rotatable bonds is 7. The summed E-state index contributed by atoms with van der Waals surface area (Å²) in [5.41, 5.74) is 1.25. The van der Waals surface area contributed by atoms with E-state index in [9.17, 15) is 9.59 Å². The molecule has 0 spiro atoms. The van der Waals surface area contributed by atoms with Gasteiger partial charge in [-0.2, -0.15) is 5.10 Å². The maximum absolute atomic E-state index is 13.1. The zero-order chi connectivity index (χ0) is 24.5. The van der Waals surface area contributed by atoms with Gasteiger partial charge in [0.1, 0.15) is 18.0 Å². The maximum Gasteiger partial charge on any atom is 0.280 e. The molecule has 0 aliphatic carbocycles. The van der Waals surface area contributed by atoms with E-state index in [-0.39, 0.29) is 16.9 Å². The van der Waals surface area contributed by atoms with Crippen LogP contribution in [0.1, 0.15) is 29.3 Å². The summed E-state index contributed by atoms with van der Waals surface area (Å²) >= 11 is 0. The number of carbonyl (C=O) groups is 1. The monoisotopic (exact) mass is 474 g/mol. The Morgan fingerprint density at radius 3 is 2.71 bits per heavy atom. The van der Waals surface area contributed by atoms with Crippen LogP contribution in [0.4, 0.5) is 17.2 Å². The van der Waals surface area contributed by atoms with E-state index in [1.807, 2.05) is 0 Å². The van der Waals surface area contributed by atoms with Crippen molar-refractivity contribution in [1.29, 1.82) is 0 Å². The largest absolute Gasteiger partial charge is 0.447 e. The number of amides is 1. The smallest absolute Gasteiger partial charge is 0.280 e. The van der Waals surface area contributed by atoms with E-state index in [4.69, 9.17) is 4.42 Å². The molecule has 5 rings (SSSR count). The van der Waals surface area contributed by atoms with Gasteiger partial charge in [0.25, 0.3) is 11.5 Å². The topological polar surface area (TPSA) is 149 Å². The number of hydrogen-bond acceptors (Lipinski definition) is 9. The van der Waals surface area contributed by atoms with Crippen molar-refractivity contribution in [2.75, 3.05) is 17.7 Å². The van der Waals surface area contributed by atoms with Crippen LogP contribution in [0.2, 0.25) is 0 Å². The van der Waals surface area contributed by atoms with E-state index < -0.39 is 11.9 Å². The Hall–Kier alpha value is -4.94. The van der Waals surface area contributed by atoms with Crippen molar-refractivity contribution in [2.24, 2.45) is 7.05 Å². The number of fused-ring (bicyclic) bond motifs is 1. The molecule has 35 heavy (non-hydrogen) atoms. The van der Waals surface area contributed by atoms with Crippen molar-refractivity contribution in [1.82, 2.24) is 39.2 Å². The number of hydrogen-bond donors (Lipinski definition) is 3. The summed E-state index contributed by atoms with van der Waals surface area (Å²) < 4.78 is 9.71. The van der Waals surface area contributed by atoms with E-state index in [1.165, 1.54) is 27.7 Å². The lowest BCUT2D eigenvalue weighted by molar-refractivity contribution is 0.0927. The normalized spacial score (nSPS) is 12.0. The zero-order valence-corrected chi connectivity index (χ0v) is 19.1. The number of nitrogens with one attached hydrogen (secondary N) is 3. The first-order chi connectivity index (χ1) is 16.9. The van der Waals surface area contributed by atoms with Gasteiger partial charge in [-0.1, -0.05) is 0 Å². The number of oxazole rings is 1. The number of nitrogens with zero attached hydrogens (tertiary/aromatic N) is 7. The van der Waals surface area contributed by atoms with Gasteiger partial charge in [0.05, 0.1) is 18.1 Å². The minimum Gasteiger partial charge on any atom is -0.447 e. The summed E-state index contributed by atoms with van der Waals surface area (Å²) in [5.74, 6) is 0.804. The molecule has 13 nitrogen and oxygen atoms in total. The minimum atomic E-state index is -0.456. The van der Waals surface area contributed by atoms with Crippen molar-refractivity contribution < 1.29 is 9.21 Å². The van der Waals surface area contributed by atoms with E-state index in [2.05, 4.69) is 36.1 Å². The molecule has 0 fully saturated rings. The van der Waals surface area contributed by atoms with Crippen LogP contribution in [0.3, 0.4) is 0 Å². The Bertz CT molecular complexity index is 1560. The van der Waals surface area contributed by atoms with Gasteiger partial charge in [-0.05, 0) is 19.1 Å². The first-order valence-corrected chi connectivity index (χ1v) is 10.7. The van der Waals surface area contributed by atoms with E-state index in [0.29, 0.717) is 28.9 Å². The van der Waals surface area contributed by atoms with Crippen LogP contribution in [0.5, 0.6) is 0 Å². The molecule has 1 amide bonds. The number of carbonyl (C=O) groups excluding carboxylic acids is 1. The average molecular weight is 474 g/mol. The van der Waals surface area contributed by atoms with Gasteiger partial charge in [0.2, 0.25) is 5.89 Å². The van der Waals surface area contributed by atoms with Crippen LogP contribution in [-0.2, 0) is 7.05 Å². The Labute approximate surface area is 198 Å². The third-order valence-electron chi connectivity index (χ3n) is 5.30. The molecule has 0 aromatic carbocycles. The van der Waals surface area contributed by atoms with Gasteiger partial charge in [-0.15, -0.1) is 5.10 Å². The van der Waals surface area contributed by atoms with Crippen LogP contribution in [0.15, 0.2) is 64.5 Å². The van der Waals surface area contributed by atoms with Crippen LogP contribution < -0.4 is 21.5 Å². The lowest BCUT2D eigenvalue weighted by Crippen LogP contribution is -2.28. The van der Waals surface area contributed by atoms with Crippen molar-refractivity contribution in [2.45, 2.75) is 13.0 Å². The molecule has 13 heteroatoms. The van der Waals surface area contributed by atoms with Gasteiger partial charge in [0, 0.05) is 38.6 Å².